The number of nitrogens with zero attached hydrogens (tertiary/aromatic N) is 1. The van der Waals surface area contributed by atoms with Crippen LogP contribution in [-0.4, -0.2) is 10.5 Å². The van der Waals surface area contributed by atoms with E-state index < -0.39 is 0 Å². The fraction of sp³-hybridized carbons (Fsp3) is 0.688. The Labute approximate surface area is 116 Å². The summed E-state index contributed by atoms with van der Waals surface area (Å²) in [4.78, 5) is 11.9. The molecule has 0 aromatic carbocycles. The van der Waals surface area contributed by atoms with Crippen LogP contribution >= 0.6 is 0 Å². The third kappa shape index (κ3) is 3.62. The van der Waals surface area contributed by atoms with Crippen molar-refractivity contribution in [2.75, 3.05) is 0 Å². The predicted molar refractivity (Wildman–Crippen MR) is 78.1 cm³/mol. The number of hydrogen-bond acceptors (Lipinski definition) is 1. The number of aromatic nitrogens is 1. The Kier molecular flexibility index (Phi) is 3.75. The molecule has 0 aliphatic heterocycles. The highest BCUT2D eigenvalue weighted by molar-refractivity contribution is 5.76. The maximum absolute atomic E-state index is 11.9. The molecule has 3 heteroatoms. The lowest BCUT2D eigenvalue weighted by atomic mass is 9.92. The zero-order valence-electron chi connectivity index (χ0n) is 12.8. The van der Waals surface area contributed by atoms with Gasteiger partial charge in [0.1, 0.15) is 0 Å². The van der Waals surface area contributed by atoms with Gasteiger partial charge in [-0.25, -0.2) is 0 Å². The van der Waals surface area contributed by atoms with Crippen molar-refractivity contribution in [1.29, 1.82) is 0 Å². The molecular weight excluding hydrogens is 236 g/mol. The van der Waals surface area contributed by atoms with Gasteiger partial charge >= 0.3 is 0 Å². The highest BCUT2D eigenvalue weighted by Crippen LogP contribution is 2.38. The molecule has 0 radical (unpaired) electrons. The minimum atomic E-state index is 0.0506. The van der Waals surface area contributed by atoms with E-state index in [0.29, 0.717) is 19.0 Å². The van der Waals surface area contributed by atoms with Crippen molar-refractivity contribution >= 4 is 5.91 Å². The minimum Gasteiger partial charge on any atom is -0.352 e. The molecule has 0 atom stereocenters. The van der Waals surface area contributed by atoms with Crippen LogP contribution in [-0.2, 0) is 11.3 Å². The van der Waals surface area contributed by atoms with Crippen molar-refractivity contribution in [3.63, 3.8) is 0 Å². The molecule has 1 aromatic rings. The summed E-state index contributed by atoms with van der Waals surface area (Å²) in [6.45, 7) is 11.2. The van der Waals surface area contributed by atoms with Crippen LogP contribution in [0.1, 0.15) is 63.0 Å². The lowest BCUT2D eigenvalue weighted by Crippen LogP contribution is -2.27. The highest BCUT2D eigenvalue weighted by Gasteiger charge is 2.27. The predicted octanol–water partition coefficient (Wildman–Crippen LogP) is 3.49. The van der Waals surface area contributed by atoms with Crippen LogP contribution in [0.15, 0.2) is 6.07 Å². The van der Waals surface area contributed by atoms with Gasteiger partial charge in [-0.05, 0) is 43.7 Å². The largest absolute Gasteiger partial charge is 0.352 e. The Morgan fingerprint density at radius 2 is 2.00 bits per heavy atom. The van der Waals surface area contributed by atoms with Crippen molar-refractivity contribution in [3.05, 3.63) is 23.0 Å². The second kappa shape index (κ2) is 5.03. The SMILES string of the molecule is Cc1cc(CNC(=O)CC(C)(C)C)c(C)n1C1CC1. The molecule has 0 saturated heterocycles. The van der Waals surface area contributed by atoms with Gasteiger partial charge < -0.3 is 9.88 Å². The molecule has 0 spiro atoms. The average molecular weight is 262 g/mol. The summed E-state index contributed by atoms with van der Waals surface area (Å²) < 4.78 is 2.42. The monoisotopic (exact) mass is 262 g/mol. The standard InChI is InChI=1S/C16H26N2O/c1-11-8-13(12(2)18(11)14-6-7-14)10-17-15(19)9-16(3,4)5/h8,14H,6-7,9-10H2,1-5H3,(H,17,19). The summed E-state index contributed by atoms with van der Waals surface area (Å²) in [5, 5.41) is 3.04. The molecule has 1 heterocycles. The molecule has 106 valence electrons. The molecule has 1 aromatic heterocycles. The first-order chi connectivity index (χ1) is 8.78. The maximum atomic E-state index is 11.9. The first-order valence-electron chi connectivity index (χ1n) is 7.22. The molecule has 1 amide bonds. The van der Waals surface area contributed by atoms with Crippen molar-refractivity contribution in [3.8, 4) is 0 Å². The number of nitrogens with one attached hydrogen (secondary N) is 1. The number of hydrogen-bond donors (Lipinski definition) is 1. The minimum absolute atomic E-state index is 0.0506. The fourth-order valence-corrected chi connectivity index (χ4v) is 2.66. The second-order valence-corrected chi connectivity index (χ2v) is 7.01. The van der Waals surface area contributed by atoms with Gasteiger partial charge in [0.2, 0.25) is 5.91 Å². The number of carbonyl (C=O) groups excluding carboxylic acids is 1. The van der Waals surface area contributed by atoms with Crippen LogP contribution in [0.5, 0.6) is 0 Å². The first kappa shape index (κ1) is 14.2. The Hall–Kier alpha value is -1.25. The Bertz CT molecular complexity index is 476. The van der Waals surface area contributed by atoms with Crippen LogP contribution in [0.3, 0.4) is 0 Å². The van der Waals surface area contributed by atoms with E-state index in [1.165, 1.54) is 29.8 Å². The summed E-state index contributed by atoms with van der Waals surface area (Å²) in [5.74, 6) is 0.142. The van der Waals surface area contributed by atoms with Crippen molar-refractivity contribution in [2.24, 2.45) is 5.41 Å². The summed E-state index contributed by atoms with van der Waals surface area (Å²) in [5.41, 5.74) is 3.94. The van der Waals surface area contributed by atoms with Crippen molar-refractivity contribution in [1.82, 2.24) is 9.88 Å². The molecule has 2 rings (SSSR count). The van der Waals surface area contributed by atoms with Crippen LogP contribution in [0.2, 0.25) is 0 Å². The highest BCUT2D eigenvalue weighted by atomic mass is 16.1. The lowest BCUT2D eigenvalue weighted by Gasteiger charge is -2.17. The molecule has 3 nitrogen and oxygen atoms in total. The molecule has 1 aliphatic rings. The quantitative estimate of drug-likeness (QED) is 0.885. The van der Waals surface area contributed by atoms with E-state index >= 15 is 0 Å². The fourth-order valence-electron chi connectivity index (χ4n) is 2.66. The van der Waals surface area contributed by atoms with E-state index in [0.717, 1.165) is 0 Å². The van der Waals surface area contributed by atoms with E-state index in [4.69, 9.17) is 0 Å². The van der Waals surface area contributed by atoms with Crippen molar-refractivity contribution < 1.29 is 4.79 Å². The smallest absolute Gasteiger partial charge is 0.220 e. The van der Waals surface area contributed by atoms with E-state index in [1.54, 1.807) is 0 Å². The molecule has 1 N–H and O–H groups in total. The number of rotatable bonds is 4. The number of aryl methyl sites for hydroxylation is 1. The third-order valence-electron chi connectivity index (χ3n) is 3.67. The molecule has 1 aliphatic carbocycles. The normalized spacial score (nSPS) is 15.6. The van der Waals surface area contributed by atoms with E-state index in [1.807, 2.05) is 0 Å². The van der Waals surface area contributed by atoms with E-state index in [-0.39, 0.29) is 11.3 Å². The summed E-state index contributed by atoms with van der Waals surface area (Å²) in [7, 11) is 0. The summed E-state index contributed by atoms with van der Waals surface area (Å²) in [6, 6.07) is 2.92. The van der Waals surface area contributed by atoms with Crippen LogP contribution in [0.25, 0.3) is 0 Å². The zero-order chi connectivity index (χ0) is 14.2. The average Bonchev–Trinajstić information content (AvgIpc) is 3.02. The summed E-state index contributed by atoms with van der Waals surface area (Å²) >= 11 is 0. The van der Waals surface area contributed by atoms with E-state index in [9.17, 15) is 4.79 Å². The van der Waals surface area contributed by atoms with Crippen LogP contribution in [0.4, 0.5) is 0 Å². The molecule has 1 saturated carbocycles. The van der Waals surface area contributed by atoms with Crippen molar-refractivity contribution in [2.45, 2.75) is 66.5 Å². The van der Waals surface area contributed by atoms with Gasteiger partial charge in [0.15, 0.2) is 0 Å². The van der Waals surface area contributed by atoms with Gasteiger partial charge in [0.05, 0.1) is 0 Å². The van der Waals surface area contributed by atoms with Gasteiger partial charge in [-0.15, -0.1) is 0 Å². The molecule has 0 unspecified atom stereocenters. The zero-order valence-corrected chi connectivity index (χ0v) is 12.8. The number of amides is 1. The van der Waals surface area contributed by atoms with Crippen LogP contribution in [0, 0.1) is 19.3 Å². The van der Waals surface area contributed by atoms with Gasteiger partial charge in [0, 0.05) is 30.4 Å². The summed E-state index contributed by atoms with van der Waals surface area (Å²) in [6.07, 6.45) is 3.17. The van der Waals surface area contributed by atoms with Gasteiger partial charge in [-0.3, -0.25) is 4.79 Å². The molecular formula is C16H26N2O. The van der Waals surface area contributed by atoms with Gasteiger partial charge in [-0.1, -0.05) is 20.8 Å². The topological polar surface area (TPSA) is 34.0 Å². The Morgan fingerprint density at radius 3 is 2.53 bits per heavy atom. The van der Waals surface area contributed by atoms with Crippen LogP contribution < -0.4 is 5.32 Å². The number of carbonyl (C=O) groups is 1. The Morgan fingerprint density at radius 1 is 1.37 bits per heavy atom. The maximum Gasteiger partial charge on any atom is 0.220 e. The first-order valence-corrected chi connectivity index (χ1v) is 7.22. The third-order valence-corrected chi connectivity index (χ3v) is 3.67. The second-order valence-electron chi connectivity index (χ2n) is 7.01. The molecule has 19 heavy (non-hydrogen) atoms. The lowest BCUT2D eigenvalue weighted by molar-refractivity contribution is -0.122. The molecule has 0 bridgehead atoms. The van der Waals surface area contributed by atoms with E-state index in [2.05, 4.69) is 50.6 Å². The van der Waals surface area contributed by atoms with Gasteiger partial charge in [-0.2, -0.15) is 0 Å². The Balaban J connectivity index is 1.96. The van der Waals surface area contributed by atoms with Gasteiger partial charge in [0.25, 0.3) is 0 Å². The molecule has 1 fully saturated rings.